The van der Waals surface area contributed by atoms with Gasteiger partial charge in [-0.05, 0) is 76.5 Å². The minimum Gasteiger partial charge on any atom is -0.494 e. The Morgan fingerprint density at radius 2 is 1.97 bits per heavy atom. The van der Waals surface area contributed by atoms with Gasteiger partial charge in [0.05, 0.1) is 18.2 Å². The summed E-state index contributed by atoms with van der Waals surface area (Å²) in [5.74, 6) is 2.40. The van der Waals surface area contributed by atoms with E-state index in [1.807, 2.05) is 31.2 Å². The van der Waals surface area contributed by atoms with Crippen molar-refractivity contribution in [3.8, 4) is 34.8 Å². The summed E-state index contributed by atoms with van der Waals surface area (Å²) in [4.78, 5) is 12.7. The van der Waals surface area contributed by atoms with Crippen LogP contribution in [0.5, 0.6) is 28.7 Å². The molecule has 1 amide bonds. The van der Waals surface area contributed by atoms with E-state index in [2.05, 4.69) is 21.2 Å². The van der Waals surface area contributed by atoms with Crippen LogP contribution in [0.15, 0.2) is 64.6 Å². The quantitative estimate of drug-likeness (QED) is 0.269. The Morgan fingerprint density at radius 1 is 1.14 bits per heavy atom. The third-order valence-corrected chi connectivity index (χ3v) is 5.74. The molecule has 0 bridgehead atoms. The Balaban J connectivity index is 1.50. The molecule has 3 aromatic rings. The first-order chi connectivity index (χ1) is 17.5. The molecule has 0 saturated carbocycles. The largest absolute Gasteiger partial charge is 0.494 e. The molecule has 1 aliphatic heterocycles. The molecule has 1 aliphatic rings. The molecule has 0 atom stereocenters. The van der Waals surface area contributed by atoms with Gasteiger partial charge in [0, 0.05) is 11.8 Å². The maximum Gasteiger partial charge on any atom is 0.266 e. The molecule has 1 heterocycles. The lowest BCUT2D eigenvalue weighted by Crippen LogP contribution is -2.13. The van der Waals surface area contributed by atoms with Crippen LogP contribution in [0.25, 0.3) is 6.08 Å². The summed E-state index contributed by atoms with van der Waals surface area (Å²) in [6.45, 7) is 2.86. The molecule has 0 radical (unpaired) electrons. The molecular formula is C27H23BrN2O6. The van der Waals surface area contributed by atoms with Crippen molar-refractivity contribution in [2.75, 3.05) is 25.8 Å². The fraction of sp³-hybridized carbons (Fsp3) is 0.185. The molecule has 9 heteroatoms. The lowest BCUT2D eigenvalue weighted by Gasteiger charge is -2.14. The molecule has 0 saturated heterocycles. The van der Waals surface area contributed by atoms with E-state index in [1.165, 1.54) is 13.2 Å². The number of nitrogens with one attached hydrogen (secondary N) is 1. The van der Waals surface area contributed by atoms with Crippen LogP contribution in [0.3, 0.4) is 0 Å². The summed E-state index contributed by atoms with van der Waals surface area (Å²) >= 11 is 3.51. The fourth-order valence-electron chi connectivity index (χ4n) is 3.49. The van der Waals surface area contributed by atoms with Gasteiger partial charge in [0.15, 0.2) is 23.0 Å². The zero-order valence-electron chi connectivity index (χ0n) is 19.7. The lowest BCUT2D eigenvalue weighted by atomic mass is 10.1. The topological polar surface area (TPSA) is 99.0 Å². The van der Waals surface area contributed by atoms with Crippen LogP contribution in [-0.2, 0) is 11.4 Å². The van der Waals surface area contributed by atoms with E-state index in [4.69, 9.17) is 23.7 Å². The number of rotatable bonds is 9. The van der Waals surface area contributed by atoms with Crippen molar-refractivity contribution in [3.63, 3.8) is 0 Å². The van der Waals surface area contributed by atoms with Crippen LogP contribution < -0.4 is 29.0 Å². The highest BCUT2D eigenvalue weighted by Crippen LogP contribution is 2.38. The van der Waals surface area contributed by atoms with Gasteiger partial charge in [-0.1, -0.05) is 12.1 Å². The minimum absolute atomic E-state index is 0.0696. The van der Waals surface area contributed by atoms with E-state index < -0.39 is 5.91 Å². The first-order valence-electron chi connectivity index (χ1n) is 11.1. The zero-order chi connectivity index (χ0) is 25.5. The van der Waals surface area contributed by atoms with Gasteiger partial charge < -0.3 is 29.0 Å². The standard InChI is InChI=1S/C27H23BrN2O6/c1-3-33-21-6-4-5-20(13-21)30-27(31)19(14-29)9-18-10-22(28)26(25(12-18)32-2)34-15-17-7-8-23-24(11-17)36-16-35-23/h4-13H,3,15-16H2,1-2H3,(H,30,31)/b19-9-. The smallest absolute Gasteiger partial charge is 0.266 e. The molecule has 8 nitrogen and oxygen atoms in total. The van der Waals surface area contributed by atoms with Gasteiger partial charge >= 0.3 is 0 Å². The van der Waals surface area contributed by atoms with Crippen LogP contribution in [0.1, 0.15) is 18.1 Å². The Bertz CT molecular complexity index is 1350. The predicted molar refractivity (Wildman–Crippen MR) is 137 cm³/mol. The molecule has 4 rings (SSSR count). The van der Waals surface area contributed by atoms with Crippen LogP contribution in [-0.4, -0.2) is 26.4 Å². The summed E-state index contributed by atoms with van der Waals surface area (Å²) in [5.41, 5.74) is 1.94. The molecule has 3 aromatic carbocycles. The van der Waals surface area contributed by atoms with Gasteiger partial charge in [0.2, 0.25) is 6.79 Å². The molecule has 184 valence electrons. The number of nitriles is 1. The SMILES string of the molecule is CCOc1cccc(NC(=O)/C(C#N)=C\c2cc(Br)c(OCc3ccc4c(c3)OCO4)c(OC)c2)c1. The normalized spacial score (nSPS) is 12.0. The fourth-order valence-corrected chi connectivity index (χ4v) is 4.07. The molecular weight excluding hydrogens is 528 g/mol. The number of anilines is 1. The van der Waals surface area contributed by atoms with Gasteiger partial charge in [-0.3, -0.25) is 4.79 Å². The Hall–Kier alpha value is -4.16. The van der Waals surface area contributed by atoms with Gasteiger partial charge in [0.25, 0.3) is 5.91 Å². The summed E-state index contributed by atoms with van der Waals surface area (Å²) < 4.78 is 28.3. The molecule has 0 spiro atoms. The Labute approximate surface area is 217 Å². The third kappa shape index (κ3) is 5.90. The number of hydrogen-bond acceptors (Lipinski definition) is 7. The van der Waals surface area contributed by atoms with Crippen LogP contribution in [0.4, 0.5) is 5.69 Å². The number of amides is 1. The van der Waals surface area contributed by atoms with Gasteiger partial charge in [0.1, 0.15) is 24.0 Å². The number of methoxy groups -OCH3 is 1. The number of carbonyl (C=O) groups is 1. The molecule has 1 N–H and O–H groups in total. The van der Waals surface area contributed by atoms with E-state index in [-0.39, 0.29) is 19.0 Å². The molecule has 0 aliphatic carbocycles. The van der Waals surface area contributed by atoms with Gasteiger partial charge in [-0.2, -0.15) is 5.26 Å². The summed E-state index contributed by atoms with van der Waals surface area (Å²) in [7, 11) is 1.52. The first-order valence-corrected chi connectivity index (χ1v) is 11.8. The second-order valence-corrected chi connectivity index (χ2v) is 8.45. The minimum atomic E-state index is -0.538. The zero-order valence-corrected chi connectivity index (χ0v) is 21.3. The van der Waals surface area contributed by atoms with Crippen LogP contribution >= 0.6 is 15.9 Å². The molecule has 36 heavy (non-hydrogen) atoms. The van der Waals surface area contributed by atoms with Crippen molar-refractivity contribution < 1.29 is 28.5 Å². The highest BCUT2D eigenvalue weighted by Gasteiger charge is 2.16. The second kappa shape index (κ2) is 11.5. The maximum atomic E-state index is 12.7. The molecule has 0 unspecified atom stereocenters. The summed E-state index contributed by atoms with van der Waals surface area (Å²) in [6.07, 6.45) is 1.48. The van der Waals surface area contributed by atoms with Crippen molar-refractivity contribution >= 4 is 33.6 Å². The molecule has 0 aromatic heterocycles. The average molecular weight is 551 g/mol. The number of fused-ring (bicyclic) bond motifs is 1. The van der Waals surface area contributed by atoms with E-state index in [0.717, 1.165) is 5.56 Å². The van der Waals surface area contributed by atoms with Gasteiger partial charge in [-0.15, -0.1) is 0 Å². The number of hydrogen-bond donors (Lipinski definition) is 1. The number of nitrogens with zero attached hydrogens (tertiary/aromatic N) is 1. The monoisotopic (exact) mass is 550 g/mol. The van der Waals surface area contributed by atoms with Crippen molar-refractivity contribution in [3.05, 3.63) is 75.8 Å². The van der Waals surface area contributed by atoms with E-state index in [0.29, 0.717) is 51.1 Å². The van der Waals surface area contributed by atoms with Crippen molar-refractivity contribution in [1.82, 2.24) is 0 Å². The summed E-state index contributed by atoms with van der Waals surface area (Å²) in [6, 6.07) is 18.0. The van der Waals surface area contributed by atoms with E-state index in [9.17, 15) is 10.1 Å². The third-order valence-electron chi connectivity index (χ3n) is 5.15. The Kier molecular flexibility index (Phi) is 7.98. The van der Waals surface area contributed by atoms with E-state index in [1.54, 1.807) is 36.4 Å². The number of carbonyl (C=O) groups excluding carboxylic acids is 1. The van der Waals surface area contributed by atoms with Crippen molar-refractivity contribution in [2.45, 2.75) is 13.5 Å². The van der Waals surface area contributed by atoms with Crippen LogP contribution in [0, 0.1) is 11.3 Å². The molecule has 0 fully saturated rings. The highest BCUT2D eigenvalue weighted by molar-refractivity contribution is 9.10. The van der Waals surface area contributed by atoms with Crippen molar-refractivity contribution in [2.24, 2.45) is 0 Å². The predicted octanol–water partition coefficient (Wildman–Crippen LogP) is 5.71. The Morgan fingerprint density at radius 3 is 2.75 bits per heavy atom. The first kappa shape index (κ1) is 24.9. The number of benzene rings is 3. The lowest BCUT2D eigenvalue weighted by molar-refractivity contribution is -0.112. The van der Waals surface area contributed by atoms with Gasteiger partial charge in [-0.25, -0.2) is 0 Å². The second-order valence-electron chi connectivity index (χ2n) is 7.60. The maximum absolute atomic E-state index is 12.7. The van der Waals surface area contributed by atoms with E-state index >= 15 is 0 Å². The average Bonchev–Trinajstić information content (AvgIpc) is 3.34. The number of halogens is 1. The van der Waals surface area contributed by atoms with Crippen LogP contribution in [0.2, 0.25) is 0 Å². The number of ether oxygens (including phenoxy) is 5. The summed E-state index contributed by atoms with van der Waals surface area (Å²) in [5, 5.41) is 12.3. The van der Waals surface area contributed by atoms with Crippen molar-refractivity contribution in [1.29, 1.82) is 5.26 Å². The highest BCUT2D eigenvalue weighted by atomic mass is 79.9.